The summed E-state index contributed by atoms with van der Waals surface area (Å²) < 4.78 is 38.5. The number of rotatable bonds is 2. The van der Waals surface area contributed by atoms with Gasteiger partial charge in [0.2, 0.25) is 0 Å². The minimum atomic E-state index is -4.36. The van der Waals surface area contributed by atoms with E-state index in [1.54, 1.807) is 0 Å². The van der Waals surface area contributed by atoms with Crippen molar-refractivity contribution in [1.29, 1.82) is 0 Å². The van der Waals surface area contributed by atoms with Crippen LogP contribution in [-0.2, 0) is 12.7 Å². The van der Waals surface area contributed by atoms with Crippen molar-refractivity contribution in [2.45, 2.75) is 12.7 Å². The fraction of sp³-hybridized carbons (Fsp3) is 0.182. The van der Waals surface area contributed by atoms with Gasteiger partial charge in [-0.15, -0.1) is 11.5 Å². The molecule has 0 unspecified atom stereocenters. The molecule has 92 valence electrons. The van der Waals surface area contributed by atoms with Crippen LogP contribution in [-0.4, -0.2) is 20.2 Å². The molecule has 0 saturated heterocycles. The molecule has 4 nitrogen and oxygen atoms in total. The van der Waals surface area contributed by atoms with E-state index in [2.05, 4.69) is 21.4 Å². The molecule has 2 rings (SSSR count). The van der Waals surface area contributed by atoms with E-state index in [4.69, 9.17) is 6.42 Å². The number of nitrogens with zero attached hydrogens (tertiary/aromatic N) is 4. The molecule has 0 aliphatic heterocycles. The molecule has 0 amide bonds. The summed E-state index contributed by atoms with van der Waals surface area (Å²) in [5.41, 5.74) is -0.245. The van der Waals surface area contributed by atoms with Crippen molar-refractivity contribution in [2.24, 2.45) is 0 Å². The molecule has 1 aromatic heterocycles. The second kappa shape index (κ2) is 4.49. The van der Waals surface area contributed by atoms with Crippen molar-refractivity contribution < 1.29 is 13.2 Å². The van der Waals surface area contributed by atoms with Crippen LogP contribution in [0.15, 0.2) is 24.3 Å². The molecule has 18 heavy (non-hydrogen) atoms. The van der Waals surface area contributed by atoms with Crippen LogP contribution < -0.4 is 0 Å². The lowest BCUT2D eigenvalue weighted by molar-refractivity contribution is -0.137. The van der Waals surface area contributed by atoms with Crippen LogP contribution in [0.3, 0.4) is 0 Å². The Morgan fingerprint density at radius 3 is 2.44 bits per heavy atom. The molecule has 0 saturated carbocycles. The van der Waals surface area contributed by atoms with Crippen molar-refractivity contribution in [3.63, 3.8) is 0 Å². The van der Waals surface area contributed by atoms with Crippen molar-refractivity contribution in [2.75, 3.05) is 0 Å². The summed E-state index contributed by atoms with van der Waals surface area (Å²) in [6, 6.07) is 4.57. The molecule has 0 atom stereocenters. The molecule has 1 heterocycles. The first-order chi connectivity index (χ1) is 8.52. The number of halogens is 3. The highest BCUT2D eigenvalue weighted by Gasteiger charge is 2.30. The van der Waals surface area contributed by atoms with Gasteiger partial charge in [-0.05, 0) is 22.6 Å². The summed E-state index contributed by atoms with van der Waals surface area (Å²) in [5.74, 6) is 2.69. The van der Waals surface area contributed by atoms with E-state index in [0.717, 1.165) is 12.1 Å². The van der Waals surface area contributed by atoms with Crippen molar-refractivity contribution in [3.8, 4) is 23.7 Å². The Morgan fingerprint density at radius 2 is 1.89 bits per heavy atom. The van der Waals surface area contributed by atoms with Crippen molar-refractivity contribution >= 4 is 0 Å². The quantitative estimate of drug-likeness (QED) is 0.768. The van der Waals surface area contributed by atoms with Crippen LogP contribution in [0.4, 0.5) is 13.2 Å². The highest BCUT2D eigenvalue weighted by atomic mass is 19.4. The molecular weight excluding hydrogens is 245 g/mol. The fourth-order valence-electron chi connectivity index (χ4n) is 1.41. The summed E-state index contributed by atoms with van der Waals surface area (Å²) in [6.45, 7) is 0.156. The first-order valence-corrected chi connectivity index (χ1v) is 4.89. The van der Waals surface area contributed by atoms with Crippen LogP contribution in [0.25, 0.3) is 11.4 Å². The lowest BCUT2D eigenvalue weighted by atomic mass is 10.1. The molecule has 0 aliphatic carbocycles. The minimum absolute atomic E-state index is 0.156. The molecule has 2 aromatic rings. The lowest BCUT2D eigenvalue weighted by Gasteiger charge is -2.07. The Bertz CT molecular complexity index is 578. The first kappa shape index (κ1) is 12.1. The summed E-state index contributed by atoms with van der Waals surface area (Å²) >= 11 is 0. The maximum absolute atomic E-state index is 12.4. The van der Waals surface area contributed by atoms with Crippen LogP contribution in [0, 0.1) is 12.3 Å². The largest absolute Gasteiger partial charge is 0.416 e. The van der Waals surface area contributed by atoms with E-state index < -0.39 is 11.7 Å². The van der Waals surface area contributed by atoms with Crippen molar-refractivity contribution in [1.82, 2.24) is 20.2 Å². The molecule has 0 N–H and O–H groups in total. The van der Waals surface area contributed by atoms with E-state index >= 15 is 0 Å². The Morgan fingerprint density at radius 1 is 1.22 bits per heavy atom. The van der Waals surface area contributed by atoms with E-state index in [9.17, 15) is 13.2 Å². The normalized spacial score (nSPS) is 11.2. The number of hydrogen-bond donors (Lipinski definition) is 0. The maximum Gasteiger partial charge on any atom is 0.416 e. The van der Waals surface area contributed by atoms with E-state index in [1.807, 2.05) is 0 Å². The number of terminal acetylenes is 1. The van der Waals surface area contributed by atoms with Gasteiger partial charge in [0.25, 0.3) is 0 Å². The Balaban J connectivity index is 2.35. The fourth-order valence-corrected chi connectivity index (χ4v) is 1.41. The summed E-state index contributed by atoms with van der Waals surface area (Å²) in [5, 5.41) is 10.8. The van der Waals surface area contributed by atoms with Gasteiger partial charge in [-0.25, -0.2) is 4.68 Å². The monoisotopic (exact) mass is 252 g/mol. The Kier molecular flexibility index (Phi) is 3.02. The van der Waals surface area contributed by atoms with Crippen LogP contribution in [0.1, 0.15) is 5.56 Å². The molecule has 1 aromatic carbocycles. The summed E-state index contributed by atoms with van der Waals surface area (Å²) in [4.78, 5) is 0. The Hall–Kier alpha value is -2.36. The van der Waals surface area contributed by atoms with Gasteiger partial charge >= 0.3 is 6.18 Å². The van der Waals surface area contributed by atoms with Gasteiger partial charge in [-0.2, -0.15) is 13.2 Å². The van der Waals surface area contributed by atoms with Crippen LogP contribution in [0.2, 0.25) is 0 Å². The van der Waals surface area contributed by atoms with Gasteiger partial charge < -0.3 is 0 Å². The third-order valence-corrected chi connectivity index (χ3v) is 2.24. The van der Waals surface area contributed by atoms with Gasteiger partial charge in [0, 0.05) is 5.56 Å². The van der Waals surface area contributed by atoms with Crippen LogP contribution >= 0.6 is 0 Å². The average Bonchev–Trinajstić information content (AvgIpc) is 2.77. The molecular formula is C11H7F3N4. The molecule has 0 fully saturated rings. The topological polar surface area (TPSA) is 43.6 Å². The number of aromatic nitrogens is 4. The molecule has 0 spiro atoms. The smallest absolute Gasteiger partial charge is 0.213 e. The van der Waals surface area contributed by atoms with Crippen molar-refractivity contribution in [3.05, 3.63) is 29.8 Å². The lowest BCUT2D eigenvalue weighted by Crippen LogP contribution is -2.05. The van der Waals surface area contributed by atoms with Gasteiger partial charge in [0.05, 0.1) is 5.56 Å². The second-order valence-corrected chi connectivity index (χ2v) is 3.44. The Labute approximate surface area is 100 Å². The zero-order chi connectivity index (χ0) is 13.2. The number of hydrogen-bond acceptors (Lipinski definition) is 3. The van der Waals surface area contributed by atoms with Gasteiger partial charge in [-0.1, -0.05) is 18.1 Å². The predicted molar refractivity (Wildman–Crippen MR) is 57.1 cm³/mol. The van der Waals surface area contributed by atoms with E-state index in [-0.39, 0.29) is 6.54 Å². The highest BCUT2D eigenvalue weighted by molar-refractivity contribution is 5.55. The van der Waals surface area contributed by atoms with E-state index in [0.29, 0.717) is 11.4 Å². The first-order valence-electron chi connectivity index (χ1n) is 4.89. The number of alkyl halides is 3. The zero-order valence-electron chi connectivity index (χ0n) is 9.02. The zero-order valence-corrected chi connectivity index (χ0v) is 9.02. The average molecular weight is 252 g/mol. The van der Waals surface area contributed by atoms with Crippen LogP contribution in [0.5, 0.6) is 0 Å². The van der Waals surface area contributed by atoms with Gasteiger partial charge in [0.1, 0.15) is 6.54 Å². The SMILES string of the molecule is C#CCn1nnnc1-c1ccc(C(F)(F)F)cc1. The third kappa shape index (κ3) is 2.32. The standard InChI is InChI=1S/C11H7F3N4/c1-2-7-18-10(15-16-17-18)8-3-5-9(6-4-8)11(12,13)14/h1,3-6H,7H2. The van der Waals surface area contributed by atoms with E-state index in [1.165, 1.54) is 16.8 Å². The minimum Gasteiger partial charge on any atom is -0.213 e. The number of benzene rings is 1. The molecule has 0 radical (unpaired) electrons. The third-order valence-electron chi connectivity index (χ3n) is 2.24. The maximum atomic E-state index is 12.4. The predicted octanol–water partition coefficient (Wildman–Crippen LogP) is 1.99. The number of tetrazole rings is 1. The highest BCUT2D eigenvalue weighted by Crippen LogP contribution is 2.30. The summed E-state index contributed by atoms with van der Waals surface area (Å²) in [7, 11) is 0. The molecule has 0 bridgehead atoms. The molecule has 7 heteroatoms. The second-order valence-electron chi connectivity index (χ2n) is 3.44. The molecule has 0 aliphatic rings. The van der Waals surface area contributed by atoms with Gasteiger partial charge in [0.15, 0.2) is 5.82 Å². The summed E-state index contributed by atoms with van der Waals surface area (Å²) in [6.07, 6.45) is 0.775. The van der Waals surface area contributed by atoms with Gasteiger partial charge in [-0.3, -0.25) is 0 Å².